The summed E-state index contributed by atoms with van der Waals surface area (Å²) < 4.78 is 6.22. The number of carbonyl (C=O) groups excluding carboxylic acids is 1. The molecule has 3 aromatic rings. The minimum atomic E-state index is -0.639. The lowest BCUT2D eigenvalue weighted by molar-refractivity contribution is -0.135. The van der Waals surface area contributed by atoms with E-state index in [1.165, 1.54) is 0 Å². The van der Waals surface area contributed by atoms with Gasteiger partial charge in [-0.25, -0.2) is 9.48 Å². The van der Waals surface area contributed by atoms with Gasteiger partial charge in [0.05, 0.1) is 0 Å². The number of hydrogen-bond acceptors (Lipinski definition) is 4. The highest BCUT2D eigenvalue weighted by atomic mass is 16.5. The molecule has 1 aromatic heterocycles. The number of ether oxygens (including phenoxy) is 1. The number of esters is 1. The van der Waals surface area contributed by atoms with Crippen molar-refractivity contribution >= 4 is 16.7 Å². The largest absolute Gasteiger partial charge is 0.424 e. The number of aromatic amines is 1. The molecule has 22 heavy (non-hydrogen) atoms. The summed E-state index contributed by atoms with van der Waals surface area (Å²) >= 11 is 0. The number of fused-ring (bicyclic) bond motifs is 1. The second-order valence-electron chi connectivity index (χ2n) is 4.69. The molecular weight excluding hydrogens is 284 g/mol. The van der Waals surface area contributed by atoms with Crippen LogP contribution in [-0.4, -0.2) is 15.7 Å². The molecule has 1 N–H and O–H groups in total. The average Bonchev–Trinajstić information content (AvgIpc) is 2.51. The highest BCUT2D eigenvalue weighted by molar-refractivity contribution is 5.90. The molecular formula is C16H12N2O4. The predicted molar refractivity (Wildman–Crippen MR) is 80.9 cm³/mol. The molecule has 0 unspecified atom stereocenters. The van der Waals surface area contributed by atoms with Crippen LogP contribution < -0.4 is 15.9 Å². The van der Waals surface area contributed by atoms with E-state index in [9.17, 15) is 14.4 Å². The van der Waals surface area contributed by atoms with Gasteiger partial charge in [0.1, 0.15) is 12.3 Å². The van der Waals surface area contributed by atoms with Crippen molar-refractivity contribution in [1.29, 1.82) is 0 Å². The van der Waals surface area contributed by atoms with Crippen LogP contribution in [0.25, 0.3) is 10.8 Å². The third-order valence-electron chi connectivity index (χ3n) is 3.15. The lowest BCUT2D eigenvalue weighted by Crippen LogP contribution is -2.32. The van der Waals surface area contributed by atoms with Crippen LogP contribution in [0.1, 0.15) is 0 Å². The second kappa shape index (κ2) is 5.69. The first-order valence-corrected chi connectivity index (χ1v) is 6.62. The monoisotopic (exact) mass is 296 g/mol. The van der Waals surface area contributed by atoms with E-state index in [1.54, 1.807) is 12.1 Å². The molecule has 0 saturated heterocycles. The first kappa shape index (κ1) is 13.8. The van der Waals surface area contributed by atoms with Crippen molar-refractivity contribution in [3.05, 3.63) is 75.3 Å². The maximum atomic E-state index is 12.0. The third kappa shape index (κ3) is 2.80. The van der Waals surface area contributed by atoms with Crippen LogP contribution in [0, 0.1) is 0 Å². The number of benzene rings is 2. The summed E-state index contributed by atoms with van der Waals surface area (Å²) in [6.07, 6.45) is 0. The zero-order chi connectivity index (χ0) is 15.5. The van der Waals surface area contributed by atoms with Crippen LogP contribution >= 0.6 is 0 Å². The van der Waals surface area contributed by atoms with Crippen molar-refractivity contribution in [1.82, 2.24) is 9.78 Å². The van der Waals surface area contributed by atoms with Gasteiger partial charge in [-0.3, -0.25) is 14.7 Å². The van der Waals surface area contributed by atoms with Crippen LogP contribution in [0.3, 0.4) is 0 Å². The lowest BCUT2D eigenvalue weighted by atomic mass is 10.1. The predicted octanol–water partition coefficient (Wildman–Crippen LogP) is 1.30. The van der Waals surface area contributed by atoms with Crippen molar-refractivity contribution in [2.75, 3.05) is 0 Å². The molecule has 0 saturated carbocycles. The summed E-state index contributed by atoms with van der Waals surface area (Å²) in [4.78, 5) is 34.7. The summed E-state index contributed by atoms with van der Waals surface area (Å²) in [7, 11) is 0. The summed E-state index contributed by atoms with van der Waals surface area (Å²) in [5.41, 5.74) is -0.938. The Balaban J connectivity index is 1.86. The fourth-order valence-electron chi connectivity index (χ4n) is 2.15. The van der Waals surface area contributed by atoms with E-state index in [0.29, 0.717) is 5.75 Å². The standard InChI is InChI=1S/C16H12N2O4/c19-14-8-9-15(20)18(17-14)10-16(21)22-13-7-3-5-11-4-1-2-6-12(11)13/h1-9H,10H2,(H,17,19). The smallest absolute Gasteiger partial charge is 0.333 e. The van der Waals surface area contributed by atoms with Crippen molar-refractivity contribution in [2.45, 2.75) is 6.54 Å². The van der Waals surface area contributed by atoms with E-state index in [-0.39, 0.29) is 6.54 Å². The molecule has 0 atom stereocenters. The fourth-order valence-corrected chi connectivity index (χ4v) is 2.15. The van der Waals surface area contributed by atoms with Gasteiger partial charge < -0.3 is 4.74 Å². The molecule has 110 valence electrons. The topological polar surface area (TPSA) is 81.2 Å². The van der Waals surface area contributed by atoms with Gasteiger partial charge in [-0.1, -0.05) is 36.4 Å². The molecule has 1 heterocycles. The number of nitrogens with one attached hydrogen (secondary N) is 1. The summed E-state index contributed by atoms with van der Waals surface area (Å²) in [6, 6.07) is 15.1. The molecule has 6 nitrogen and oxygen atoms in total. The first-order chi connectivity index (χ1) is 10.6. The molecule has 0 bridgehead atoms. The first-order valence-electron chi connectivity index (χ1n) is 6.62. The highest BCUT2D eigenvalue weighted by Gasteiger charge is 2.10. The molecule has 0 fully saturated rings. The summed E-state index contributed by atoms with van der Waals surface area (Å²) in [5.74, 6) is -0.227. The molecule has 0 amide bonds. The lowest BCUT2D eigenvalue weighted by Gasteiger charge is -2.08. The van der Waals surface area contributed by atoms with Gasteiger partial charge >= 0.3 is 5.97 Å². The van der Waals surface area contributed by atoms with E-state index in [1.807, 2.05) is 30.3 Å². The molecule has 0 aliphatic carbocycles. The van der Waals surface area contributed by atoms with Crippen LogP contribution in [-0.2, 0) is 11.3 Å². The van der Waals surface area contributed by atoms with Crippen LogP contribution in [0.2, 0.25) is 0 Å². The normalized spacial score (nSPS) is 10.5. The SMILES string of the molecule is O=C(Cn1[nH]c(=O)ccc1=O)Oc1cccc2ccccc12. The van der Waals surface area contributed by atoms with E-state index in [4.69, 9.17) is 4.74 Å². The minimum Gasteiger partial charge on any atom is -0.424 e. The van der Waals surface area contributed by atoms with Crippen molar-refractivity contribution in [3.8, 4) is 5.75 Å². The van der Waals surface area contributed by atoms with Gasteiger partial charge in [-0.15, -0.1) is 0 Å². The zero-order valence-corrected chi connectivity index (χ0v) is 11.5. The van der Waals surface area contributed by atoms with E-state index >= 15 is 0 Å². The molecule has 3 rings (SSSR count). The van der Waals surface area contributed by atoms with Gasteiger partial charge in [0.15, 0.2) is 0 Å². The van der Waals surface area contributed by atoms with Gasteiger partial charge in [-0.05, 0) is 11.5 Å². The summed E-state index contributed by atoms with van der Waals surface area (Å²) in [5, 5.41) is 4.02. The second-order valence-corrected chi connectivity index (χ2v) is 4.69. The quantitative estimate of drug-likeness (QED) is 0.583. The maximum Gasteiger partial charge on any atom is 0.333 e. The number of carbonyl (C=O) groups is 1. The Morgan fingerprint density at radius 1 is 1.00 bits per heavy atom. The molecule has 0 aliphatic heterocycles. The van der Waals surface area contributed by atoms with Crippen molar-refractivity contribution in [3.63, 3.8) is 0 Å². The van der Waals surface area contributed by atoms with Crippen molar-refractivity contribution < 1.29 is 9.53 Å². The molecule has 6 heteroatoms. The number of hydrogen-bond donors (Lipinski definition) is 1. The van der Waals surface area contributed by atoms with Crippen LogP contribution in [0.4, 0.5) is 0 Å². The fraction of sp³-hybridized carbons (Fsp3) is 0.0625. The summed E-state index contributed by atoms with van der Waals surface area (Å²) in [6.45, 7) is -0.363. The van der Waals surface area contributed by atoms with E-state index in [0.717, 1.165) is 27.6 Å². The zero-order valence-electron chi connectivity index (χ0n) is 11.5. The minimum absolute atomic E-state index is 0.363. The Hall–Kier alpha value is -3.15. The van der Waals surface area contributed by atoms with E-state index < -0.39 is 17.1 Å². The van der Waals surface area contributed by atoms with Gasteiger partial charge in [-0.2, -0.15) is 0 Å². The Morgan fingerprint density at radius 3 is 2.64 bits per heavy atom. The highest BCUT2D eigenvalue weighted by Crippen LogP contribution is 2.25. The Labute approximate surface area is 124 Å². The number of nitrogens with zero attached hydrogens (tertiary/aromatic N) is 1. The molecule has 0 aliphatic rings. The maximum absolute atomic E-state index is 12.0. The number of rotatable bonds is 3. The molecule has 0 spiro atoms. The number of H-pyrrole nitrogens is 1. The molecule has 0 radical (unpaired) electrons. The average molecular weight is 296 g/mol. The van der Waals surface area contributed by atoms with Gasteiger partial charge in [0, 0.05) is 17.5 Å². The Kier molecular flexibility index (Phi) is 3.57. The third-order valence-corrected chi connectivity index (χ3v) is 3.15. The van der Waals surface area contributed by atoms with Crippen LogP contribution in [0.5, 0.6) is 5.75 Å². The number of aromatic nitrogens is 2. The molecule has 2 aromatic carbocycles. The van der Waals surface area contributed by atoms with Crippen molar-refractivity contribution in [2.24, 2.45) is 0 Å². The Morgan fingerprint density at radius 2 is 1.77 bits per heavy atom. The Bertz CT molecular complexity index is 951. The van der Waals surface area contributed by atoms with Crippen LogP contribution in [0.15, 0.2) is 64.2 Å². The van der Waals surface area contributed by atoms with E-state index in [2.05, 4.69) is 5.10 Å². The van der Waals surface area contributed by atoms with Gasteiger partial charge in [0.25, 0.3) is 11.1 Å². The van der Waals surface area contributed by atoms with Gasteiger partial charge in [0.2, 0.25) is 0 Å².